The highest BCUT2D eigenvalue weighted by Crippen LogP contribution is 2.38. The summed E-state index contributed by atoms with van der Waals surface area (Å²) in [7, 11) is 0. The molecule has 1 aromatic carbocycles. The fourth-order valence-electron chi connectivity index (χ4n) is 5.06. The molecule has 0 spiro atoms. The number of hydrogen-bond donors (Lipinski definition) is 1. The average molecular weight is 459 g/mol. The monoisotopic (exact) mass is 458 g/mol. The van der Waals surface area contributed by atoms with Crippen molar-refractivity contribution in [2.75, 3.05) is 22.9 Å². The van der Waals surface area contributed by atoms with Crippen molar-refractivity contribution in [2.24, 2.45) is 5.92 Å². The van der Waals surface area contributed by atoms with Gasteiger partial charge in [0.05, 0.1) is 6.54 Å². The summed E-state index contributed by atoms with van der Waals surface area (Å²) in [5.41, 5.74) is 3.43. The van der Waals surface area contributed by atoms with Crippen LogP contribution in [0, 0.1) is 5.92 Å². The van der Waals surface area contributed by atoms with Gasteiger partial charge in [0.1, 0.15) is 17.8 Å². The molecule has 0 bridgehead atoms. The highest BCUT2D eigenvalue weighted by Gasteiger charge is 2.32. The van der Waals surface area contributed by atoms with Gasteiger partial charge in [-0.1, -0.05) is 12.1 Å². The van der Waals surface area contributed by atoms with E-state index in [1.807, 2.05) is 30.3 Å². The van der Waals surface area contributed by atoms with Gasteiger partial charge in [0.25, 0.3) is 5.91 Å². The quantitative estimate of drug-likeness (QED) is 0.603. The standard InChI is InChI=1S/C25H26N6O3/c32-23(33)12-16-8-10-29(11-9-16)19-5-4-17-14-30(25(34)20(17)13-19)22-3-1-2-21(27-22)24-28-26-15-31(24)18-6-7-18/h1-5,13,15-16,18H,6-12,14H2,(H,32,33). The fraction of sp³-hybridized carbons (Fsp3) is 0.400. The van der Waals surface area contributed by atoms with Crippen LogP contribution in [0.5, 0.6) is 0 Å². The van der Waals surface area contributed by atoms with Crippen LogP contribution in [-0.4, -0.2) is 49.8 Å². The van der Waals surface area contributed by atoms with E-state index in [0.717, 1.165) is 61.5 Å². The Morgan fingerprint density at radius 3 is 2.68 bits per heavy atom. The van der Waals surface area contributed by atoms with Crippen LogP contribution >= 0.6 is 0 Å². The molecule has 1 aliphatic carbocycles. The molecule has 3 aliphatic rings. The number of hydrogen-bond acceptors (Lipinski definition) is 6. The molecule has 2 aliphatic heterocycles. The number of aliphatic carboxylic acids is 1. The summed E-state index contributed by atoms with van der Waals surface area (Å²) in [4.78, 5) is 33.1. The molecule has 1 N–H and O–H groups in total. The van der Waals surface area contributed by atoms with Gasteiger partial charge in [0, 0.05) is 36.8 Å². The number of carbonyl (C=O) groups is 2. The molecule has 2 fully saturated rings. The summed E-state index contributed by atoms with van der Waals surface area (Å²) < 4.78 is 2.07. The number of aromatic nitrogens is 4. The van der Waals surface area contributed by atoms with Crippen molar-refractivity contribution < 1.29 is 14.7 Å². The topological polar surface area (TPSA) is 104 Å². The van der Waals surface area contributed by atoms with Crippen molar-refractivity contribution >= 4 is 23.4 Å². The van der Waals surface area contributed by atoms with Crippen LogP contribution in [0.1, 0.15) is 54.1 Å². The van der Waals surface area contributed by atoms with Crippen LogP contribution in [0.4, 0.5) is 11.5 Å². The third-order valence-corrected chi connectivity index (χ3v) is 7.09. The molecule has 2 aromatic heterocycles. The molecule has 1 saturated carbocycles. The number of amides is 1. The van der Waals surface area contributed by atoms with Gasteiger partial charge < -0.3 is 14.6 Å². The zero-order valence-corrected chi connectivity index (χ0v) is 18.8. The first-order valence-corrected chi connectivity index (χ1v) is 11.9. The molecule has 1 saturated heterocycles. The van der Waals surface area contributed by atoms with E-state index < -0.39 is 5.97 Å². The smallest absolute Gasteiger partial charge is 0.303 e. The predicted molar refractivity (Wildman–Crippen MR) is 126 cm³/mol. The number of carboxylic acids is 1. The third kappa shape index (κ3) is 3.81. The number of carbonyl (C=O) groups excluding carboxylic acids is 1. The lowest BCUT2D eigenvalue weighted by Gasteiger charge is -2.33. The maximum atomic E-state index is 13.4. The number of piperidine rings is 1. The molecule has 9 nitrogen and oxygen atoms in total. The Morgan fingerprint density at radius 1 is 1.09 bits per heavy atom. The van der Waals surface area contributed by atoms with Crippen molar-refractivity contribution in [1.82, 2.24) is 19.7 Å². The van der Waals surface area contributed by atoms with E-state index in [1.54, 1.807) is 11.2 Å². The van der Waals surface area contributed by atoms with Gasteiger partial charge in [-0.25, -0.2) is 4.98 Å². The number of anilines is 2. The van der Waals surface area contributed by atoms with E-state index in [9.17, 15) is 9.59 Å². The minimum Gasteiger partial charge on any atom is -0.481 e. The summed E-state index contributed by atoms with van der Waals surface area (Å²) in [6.45, 7) is 2.10. The van der Waals surface area contributed by atoms with Crippen molar-refractivity contribution in [1.29, 1.82) is 0 Å². The zero-order chi connectivity index (χ0) is 23.2. The normalized spacial score (nSPS) is 18.4. The molecule has 34 heavy (non-hydrogen) atoms. The van der Waals surface area contributed by atoms with Crippen LogP contribution in [0.2, 0.25) is 0 Å². The first kappa shape index (κ1) is 20.8. The molecule has 6 rings (SSSR count). The van der Waals surface area contributed by atoms with E-state index in [2.05, 4.69) is 25.7 Å². The Balaban J connectivity index is 1.20. The van der Waals surface area contributed by atoms with Crippen LogP contribution < -0.4 is 9.80 Å². The number of nitrogens with zero attached hydrogens (tertiary/aromatic N) is 6. The lowest BCUT2D eigenvalue weighted by Crippen LogP contribution is -2.34. The van der Waals surface area contributed by atoms with Crippen molar-refractivity contribution in [3.05, 3.63) is 53.9 Å². The second kappa shape index (κ2) is 8.23. The summed E-state index contributed by atoms with van der Waals surface area (Å²) in [5.74, 6) is 0.796. The summed E-state index contributed by atoms with van der Waals surface area (Å²) in [5, 5.41) is 17.4. The van der Waals surface area contributed by atoms with E-state index in [1.165, 1.54) is 0 Å². The molecule has 0 unspecified atom stereocenters. The van der Waals surface area contributed by atoms with Gasteiger partial charge in [0.15, 0.2) is 5.82 Å². The van der Waals surface area contributed by atoms with Crippen molar-refractivity contribution in [3.63, 3.8) is 0 Å². The summed E-state index contributed by atoms with van der Waals surface area (Å²) >= 11 is 0. The Labute approximate surface area is 197 Å². The zero-order valence-electron chi connectivity index (χ0n) is 18.8. The maximum Gasteiger partial charge on any atom is 0.303 e. The first-order valence-electron chi connectivity index (χ1n) is 11.9. The highest BCUT2D eigenvalue weighted by atomic mass is 16.4. The Morgan fingerprint density at radius 2 is 1.91 bits per heavy atom. The van der Waals surface area contributed by atoms with Crippen molar-refractivity contribution in [3.8, 4) is 11.5 Å². The van der Waals surface area contributed by atoms with Gasteiger partial charge in [-0.2, -0.15) is 0 Å². The molecule has 9 heteroatoms. The largest absolute Gasteiger partial charge is 0.481 e. The minimum absolute atomic E-state index is 0.0501. The summed E-state index contributed by atoms with van der Waals surface area (Å²) in [6.07, 6.45) is 5.95. The van der Waals surface area contributed by atoms with Crippen LogP contribution in [-0.2, 0) is 11.3 Å². The molecule has 3 aromatic rings. The molecule has 4 heterocycles. The van der Waals surface area contributed by atoms with E-state index in [4.69, 9.17) is 10.1 Å². The van der Waals surface area contributed by atoms with Gasteiger partial charge in [-0.15, -0.1) is 10.2 Å². The Hall–Kier alpha value is -3.75. The van der Waals surface area contributed by atoms with Gasteiger partial charge in [0.2, 0.25) is 0 Å². The maximum absolute atomic E-state index is 13.4. The average Bonchev–Trinajstić information content (AvgIpc) is 3.48. The summed E-state index contributed by atoms with van der Waals surface area (Å²) in [6, 6.07) is 12.2. The molecule has 1 amide bonds. The SMILES string of the molecule is O=C(O)CC1CCN(c2ccc3c(c2)C(=O)N(c2cccc(-c4nncn4C4CC4)n2)C3)CC1. The Bertz CT molecular complexity index is 1260. The molecular formula is C25H26N6O3. The number of fused-ring (bicyclic) bond motifs is 1. The molecule has 0 radical (unpaired) electrons. The lowest BCUT2D eigenvalue weighted by atomic mass is 9.93. The predicted octanol–water partition coefficient (Wildman–Crippen LogP) is 3.53. The number of pyridine rings is 1. The minimum atomic E-state index is -0.730. The van der Waals surface area contributed by atoms with Gasteiger partial charge in [-0.05, 0) is 61.4 Å². The fourth-order valence-corrected chi connectivity index (χ4v) is 5.06. The first-order chi connectivity index (χ1) is 16.6. The Kier molecular flexibility index (Phi) is 5.04. The highest BCUT2D eigenvalue weighted by molar-refractivity contribution is 6.10. The molecule has 174 valence electrons. The van der Waals surface area contributed by atoms with Crippen LogP contribution in [0.15, 0.2) is 42.7 Å². The third-order valence-electron chi connectivity index (χ3n) is 7.09. The second-order valence-corrected chi connectivity index (χ2v) is 9.44. The van der Waals surface area contributed by atoms with Gasteiger partial charge in [-0.3, -0.25) is 14.5 Å². The lowest BCUT2D eigenvalue weighted by molar-refractivity contribution is -0.138. The van der Waals surface area contributed by atoms with Crippen molar-refractivity contribution in [2.45, 2.75) is 44.7 Å². The van der Waals surface area contributed by atoms with Crippen LogP contribution in [0.3, 0.4) is 0 Å². The molecule has 0 atom stereocenters. The second-order valence-electron chi connectivity index (χ2n) is 9.44. The van der Waals surface area contributed by atoms with Crippen LogP contribution in [0.25, 0.3) is 11.5 Å². The number of rotatable bonds is 6. The van der Waals surface area contributed by atoms with Gasteiger partial charge >= 0.3 is 5.97 Å². The van der Waals surface area contributed by atoms with E-state index in [0.29, 0.717) is 24.0 Å². The molecular weight excluding hydrogens is 432 g/mol. The van der Waals surface area contributed by atoms with E-state index >= 15 is 0 Å². The number of benzene rings is 1. The number of carboxylic acid groups (broad SMARTS) is 1. The van der Waals surface area contributed by atoms with E-state index in [-0.39, 0.29) is 18.2 Å².